The third-order valence-corrected chi connectivity index (χ3v) is 6.08. The van der Waals surface area contributed by atoms with E-state index in [4.69, 9.17) is 10.5 Å². The van der Waals surface area contributed by atoms with Crippen LogP contribution in [0.15, 0.2) is 48.5 Å². The van der Waals surface area contributed by atoms with Crippen molar-refractivity contribution in [2.75, 3.05) is 13.2 Å². The molecule has 10 heteroatoms. The van der Waals surface area contributed by atoms with Gasteiger partial charge < -0.3 is 20.7 Å². The van der Waals surface area contributed by atoms with Gasteiger partial charge in [-0.1, -0.05) is 36.4 Å². The molecule has 1 fully saturated rings. The predicted octanol–water partition coefficient (Wildman–Crippen LogP) is 2.46. The Kier molecular flexibility index (Phi) is 6.40. The highest BCUT2D eigenvalue weighted by Crippen LogP contribution is 2.36. The molecule has 0 spiro atoms. The molecule has 2 heterocycles. The lowest BCUT2D eigenvalue weighted by atomic mass is 9.87. The van der Waals surface area contributed by atoms with Crippen molar-refractivity contribution in [3.8, 4) is 0 Å². The number of hydrogen-bond donors (Lipinski definition) is 2. The van der Waals surface area contributed by atoms with Gasteiger partial charge >= 0.3 is 12.1 Å². The number of hydrogen-bond acceptors (Lipinski definition) is 4. The number of nitrogens with zero attached hydrogens (tertiary/aromatic N) is 1. The second kappa shape index (κ2) is 9.11. The second-order valence-corrected chi connectivity index (χ2v) is 8.23. The van der Waals surface area contributed by atoms with Crippen molar-refractivity contribution >= 4 is 11.8 Å². The smallest absolute Gasteiger partial charge is 0.367 e. The number of halogens is 4. The van der Waals surface area contributed by atoms with Crippen LogP contribution in [0.5, 0.6) is 0 Å². The zero-order valence-corrected chi connectivity index (χ0v) is 17.5. The molecule has 33 heavy (non-hydrogen) atoms. The van der Waals surface area contributed by atoms with Gasteiger partial charge in [0.25, 0.3) is 5.91 Å². The highest BCUT2D eigenvalue weighted by molar-refractivity contribution is 5.84. The number of nitrogens with two attached hydrogens (primary N) is 1. The molecule has 2 aromatic rings. The van der Waals surface area contributed by atoms with Crippen molar-refractivity contribution in [3.05, 3.63) is 71.0 Å². The van der Waals surface area contributed by atoms with Gasteiger partial charge in [0.2, 0.25) is 0 Å². The number of fused-ring (bicyclic) bond motifs is 1. The molecule has 2 aliphatic heterocycles. The SMILES string of the molecule is N[C@@H]1CO[C@@H](C(=O)N2CCc3ccccc3[C@@H]2c2ccc(F)cc2)C[C@@H]1NC(=O)C(F)(F)F. The minimum absolute atomic E-state index is 0.176. The van der Waals surface area contributed by atoms with Crippen LogP contribution >= 0.6 is 0 Å². The van der Waals surface area contributed by atoms with E-state index in [-0.39, 0.29) is 13.0 Å². The van der Waals surface area contributed by atoms with Gasteiger partial charge in [-0.3, -0.25) is 9.59 Å². The van der Waals surface area contributed by atoms with Crippen molar-refractivity contribution in [1.82, 2.24) is 10.2 Å². The van der Waals surface area contributed by atoms with E-state index in [0.29, 0.717) is 18.5 Å². The highest BCUT2D eigenvalue weighted by Gasteiger charge is 2.44. The van der Waals surface area contributed by atoms with Gasteiger partial charge in [0, 0.05) is 25.0 Å². The summed E-state index contributed by atoms with van der Waals surface area (Å²) < 4.78 is 57.2. The summed E-state index contributed by atoms with van der Waals surface area (Å²) in [6.45, 7) is 0.175. The second-order valence-electron chi connectivity index (χ2n) is 8.23. The molecule has 176 valence electrons. The Bertz CT molecular complexity index is 1030. The van der Waals surface area contributed by atoms with E-state index in [1.54, 1.807) is 17.0 Å². The molecule has 2 amide bonds. The first-order chi connectivity index (χ1) is 15.6. The van der Waals surface area contributed by atoms with Crippen LogP contribution in [0.1, 0.15) is 29.2 Å². The average molecular weight is 465 g/mol. The van der Waals surface area contributed by atoms with Crippen molar-refractivity contribution in [2.45, 2.75) is 43.2 Å². The van der Waals surface area contributed by atoms with Gasteiger partial charge in [0.05, 0.1) is 12.6 Å². The number of carbonyl (C=O) groups is 2. The summed E-state index contributed by atoms with van der Waals surface area (Å²) in [4.78, 5) is 26.5. The first kappa shape index (κ1) is 23.2. The molecule has 0 aromatic heterocycles. The zero-order valence-electron chi connectivity index (χ0n) is 17.5. The minimum atomic E-state index is -5.05. The number of ether oxygens (including phenoxy) is 1. The summed E-state index contributed by atoms with van der Waals surface area (Å²) in [5.41, 5.74) is 8.48. The Morgan fingerprint density at radius 2 is 1.79 bits per heavy atom. The monoisotopic (exact) mass is 465 g/mol. The maximum absolute atomic E-state index is 13.5. The molecule has 4 rings (SSSR count). The molecule has 0 bridgehead atoms. The third kappa shape index (κ3) is 4.86. The molecule has 3 N–H and O–H groups in total. The maximum atomic E-state index is 13.5. The van der Waals surface area contributed by atoms with E-state index in [1.165, 1.54) is 12.1 Å². The molecular formula is C23H23F4N3O3. The molecule has 0 aliphatic carbocycles. The van der Waals surface area contributed by atoms with Crippen molar-refractivity contribution in [3.63, 3.8) is 0 Å². The topological polar surface area (TPSA) is 84.7 Å². The van der Waals surface area contributed by atoms with Crippen LogP contribution in [-0.4, -0.2) is 54.2 Å². The fourth-order valence-electron chi connectivity index (χ4n) is 4.40. The molecule has 2 aromatic carbocycles. The fraction of sp³-hybridized carbons (Fsp3) is 0.391. The molecule has 0 saturated carbocycles. The summed E-state index contributed by atoms with van der Waals surface area (Å²) in [5, 5.41) is 1.88. The lowest BCUT2D eigenvalue weighted by Gasteiger charge is -2.41. The summed E-state index contributed by atoms with van der Waals surface area (Å²) in [6.07, 6.45) is -5.73. The predicted molar refractivity (Wildman–Crippen MR) is 110 cm³/mol. The maximum Gasteiger partial charge on any atom is 0.471 e. The number of nitrogens with one attached hydrogen (secondary N) is 1. The fourth-order valence-corrected chi connectivity index (χ4v) is 4.40. The quantitative estimate of drug-likeness (QED) is 0.683. The number of carbonyl (C=O) groups excluding carboxylic acids is 2. The van der Waals surface area contributed by atoms with E-state index in [0.717, 1.165) is 11.1 Å². The van der Waals surface area contributed by atoms with Crippen LogP contribution in [0.25, 0.3) is 0 Å². The van der Waals surface area contributed by atoms with E-state index >= 15 is 0 Å². The third-order valence-electron chi connectivity index (χ3n) is 6.08. The van der Waals surface area contributed by atoms with Crippen LogP contribution in [0.4, 0.5) is 17.6 Å². The van der Waals surface area contributed by atoms with Crippen LogP contribution in [-0.2, 0) is 20.7 Å². The van der Waals surface area contributed by atoms with Crippen molar-refractivity contribution < 1.29 is 31.9 Å². The van der Waals surface area contributed by atoms with Crippen LogP contribution < -0.4 is 11.1 Å². The van der Waals surface area contributed by atoms with Gasteiger partial charge in [0.15, 0.2) is 0 Å². The lowest BCUT2D eigenvalue weighted by Crippen LogP contribution is -2.60. The summed E-state index contributed by atoms with van der Waals surface area (Å²) >= 11 is 0. The van der Waals surface area contributed by atoms with Gasteiger partial charge in [-0.05, 0) is 35.2 Å². The Balaban J connectivity index is 1.59. The van der Waals surface area contributed by atoms with E-state index < -0.39 is 48.0 Å². The summed E-state index contributed by atoms with van der Waals surface area (Å²) in [7, 11) is 0. The van der Waals surface area contributed by atoms with Gasteiger partial charge in [0.1, 0.15) is 11.9 Å². The van der Waals surface area contributed by atoms with Gasteiger partial charge in [-0.15, -0.1) is 0 Å². The van der Waals surface area contributed by atoms with Gasteiger partial charge in [-0.2, -0.15) is 13.2 Å². The first-order valence-corrected chi connectivity index (χ1v) is 10.5. The van der Waals surface area contributed by atoms with Crippen molar-refractivity contribution in [2.24, 2.45) is 5.73 Å². The standard InChI is InChI=1S/C23H23F4N3O3/c24-15-7-5-14(6-8-15)20-16-4-2-1-3-13(16)9-10-30(20)21(31)19-11-18(17(28)12-33-19)29-22(32)23(25,26)27/h1-8,17-20H,9-12,28H2,(H,29,32)/t17-,18+,19-,20+/m1/s1. The molecule has 0 unspecified atom stereocenters. The Hall–Kier alpha value is -2.98. The summed E-state index contributed by atoms with van der Waals surface area (Å²) in [6, 6.07) is 11.0. The number of benzene rings is 2. The normalized spacial score (nSPS) is 25.3. The largest absolute Gasteiger partial charge is 0.471 e. The number of rotatable bonds is 3. The Morgan fingerprint density at radius 1 is 1.09 bits per heavy atom. The molecule has 2 aliphatic rings. The number of alkyl halides is 3. The van der Waals surface area contributed by atoms with Crippen LogP contribution in [0.2, 0.25) is 0 Å². The highest BCUT2D eigenvalue weighted by atomic mass is 19.4. The molecular weight excluding hydrogens is 442 g/mol. The number of amides is 2. The summed E-state index contributed by atoms with van der Waals surface area (Å²) in [5.74, 6) is -2.93. The lowest BCUT2D eigenvalue weighted by molar-refractivity contribution is -0.176. The van der Waals surface area contributed by atoms with Crippen molar-refractivity contribution in [1.29, 1.82) is 0 Å². The van der Waals surface area contributed by atoms with Crippen LogP contribution in [0, 0.1) is 5.82 Å². The Labute approximate surface area is 187 Å². The molecule has 6 nitrogen and oxygen atoms in total. The minimum Gasteiger partial charge on any atom is -0.367 e. The van der Waals surface area contributed by atoms with Crippen LogP contribution in [0.3, 0.4) is 0 Å². The molecule has 1 saturated heterocycles. The molecule has 4 atom stereocenters. The zero-order chi connectivity index (χ0) is 23.8. The first-order valence-electron chi connectivity index (χ1n) is 10.5. The van der Waals surface area contributed by atoms with Gasteiger partial charge in [-0.25, -0.2) is 4.39 Å². The van der Waals surface area contributed by atoms with E-state index in [9.17, 15) is 27.2 Å². The molecule has 0 radical (unpaired) electrons. The average Bonchev–Trinajstić information content (AvgIpc) is 2.79. The van der Waals surface area contributed by atoms with E-state index in [1.807, 2.05) is 29.6 Å². The Morgan fingerprint density at radius 3 is 2.48 bits per heavy atom. The van der Waals surface area contributed by atoms with E-state index in [2.05, 4.69) is 0 Å².